The lowest BCUT2D eigenvalue weighted by Gasteiger charge is -2.09. The van der Waals surface area contributed by atoms with Crippen molar-refractivity contribution in [1.82, 2.24) is 5.32 Å². The number of hydrogen-bond donors (Lipinski definition) is 1. The Bertz CT molecular complexity index is 596. The number of carbonyl (C=O) groups excluding carboxylic acids is 1. The molecule has 0 fully saturated rings. The average Bonchev–Trinajstić information content (AvgIpc) is 2.63. The summed E-state index contributed by atoms with van der Waals surface area (Å²) < 4.78 is 11.2. The SMILES string of the molecule is CCCCCNC(=O)COc1ccc(OCc2ccccc2)cc1. The molecular weight excluding hydrogens is 302 g/mol. The van der Waals surface area contributed by atoms with Crippen LogP contribution in [0.1, 0.15) is 31.7 Å². The molecule has 4 heteroatoms. The Morgan fingerprint density at radius 2 is 1.58 bits per heavy atom. The molecule has 128 valence electrons. The number of nitrogens with one attached hydrogen (secondary N) is 1. The highest BCUT2D eigenvalue weighted by atomic mass is 16.5. The summed E-state index contributed by atoms with van der Waals surface area (Å²) in [6.45, 7) is 3.41. The van der Waals surface area contributed by atoms with Crippen molar-refractivity contribution in [2.24, 2.45) is 0 Å². The molecule has 0 aliphatic heterocycles. The van der Waals surface area contributed by atoms with Crippen LogP contribution in [0.2, 0.25) is 0 Å². The third-order valence-corrected chi connectivity index (χ3v) is 3.54. The van der Waals surface area contributed by atoms with Gasteiger partial charge in [0.25, 0.3) is 5.91 Å². The molecule has 1 N–H and O–H groups in total. The molecule has 0 spiro atoms. The minimum Gasteiger partial charge on any atom is -0.489 e. The summed E-state index contributed by atoms with van der Waals surface area (Å²) in [7, 11) is 0. The van der Waals surface area contributed by atoms with Gasteiger partial charge in [-0.15, -0.1) is 0 Å². The number of benzene rings is 2. The Hall–Kier alpha value is -2.49. The molecule has 0 unspecified atom stereocenters. The predicted molar refractivity (Wildman–Crippen MR) is 95.2 cm³/mol. The summed E-state index contributed by atoms with van der Waals surface area (Å²) in [5.41, 5.74) is 1.12. The number of rotatable bonds is 10. The van der Waals surface area contributed by atoms with Crippen LogP contribution < -0.4 is 14.8 Å². The molecule has 24 heavy (non-hydrogen) atoms. The van der Waals surface area contributed by atoms with Gasteiger partial charge in [-0.25, -0.2) is 0 Å². The quantitative estimate of drug-likeness (QED) is 0.672. The van der Waals surface area contributed by atoms with E-state index in [4.69, 9.17) is 9.47 Å². The Morgan fingerprint density at radius 3 is 2.25 bits per heavy atom. The summed E-state index contributed by atoms with van der Waals surface area (Å²) in [6, 6.07) is 17.3. The van der Waals surface area contributed by atoms with Crippen LogP contribution >= 0.6 is 0 Å². The first kappa shape index (κ1) is 17.9. The highest BCUT2D eigenvalue weighted by Gasteiger charge is 2.03. The van der Waals surface area contributed by atoms with E-state index in [1.807, 2.05) is 54.6 Å². The highest BCUT2D eigenvalue weighted by Crippen LogP contribution is 2.18. The monoisotopic (exact) mass is 327 g/mol. The lowest BCUT2D eigenvalue weighted by atomic mass is 10.2. The van der Waals surface area contributed by atoms with Crippen LogP contribution in [0.4, 0.5) is 0 Å². The first-order chi connectivity index (χ1) is 11.8. The number of ether oxygens (including phenoxy) is 2. The lowest BCUT2D eigenvalue weighted by Crippen LogP contribution is -2.29. The van der Waals surface area contributed by atoms with Gasteiger partial charge in [0, 0.05) is 6.54 Å². The van der Waals surface area contributed by atoms with Crippen LogP contribution in [0, 0.1) is 0 Å². The zero-order valence-electron chi connectivity index (χ0n) is 14.2. The third kappa shape index (κ3) is 6.73. The van der Waals surface area contributed by atoms with E-state index in [0.29, 0.717) is 18.9 Å². The maximum Gasteiger partial charge on any atom is 0.257 e. The average molecular weight is 327 g/mol. The van der Waals surface area contributed by atoms with Gasteiger partial charge in [-0.3, -0.25) is 4.79 Å². The number of hydrogen-bond acceptors (Lipinski definition) is 3. The highest BCUT2D eigenvalue weighted by molar-refractivity contribution is 5.77. The zero-order chi connectivity index (χ0) is 17.0. The van der Waals surface area contributed by atoms with Gasteiger partial charge in [0.05, 0.1) is 0 Å². The van der Waals surface area contributed by atoms with Crippen molar-refractivity contribution in [3.63, 3.8) is 0 Å². The van der Waals surface area contributed by atoms with E-state index in [2.05, 4.69) is 12.2 Å². The van der Waals surface area contributed by atoms with Crippen LogP contribution in [-0.2, 0) is 11.4 Å². The van der Waals surface area contributed by atoms with Crippen molar-refractivity contribution >= 4 is 5.91 Å². The van der Waals surface area contributed by atoms with Crippen LogP contribution in [-0.4, -0.2) is 19.1 Å². The molecular formula is C20H25NO3. The van der Waals surface area contributed by atoms with Gasteiger partial charge in [0.2, 0.25) is 0 Å². The molecule has 0 aromatic heterocycles. The molecule has 2 rings (SSSR count). The Kier molecular flexibility index (Phi) is 7.68. The number of unbranched alkanes of at least 4 members (excludes halogenated alkanes) is 2. The van der Waals surface area contributed by atoms with E-state index in [1.54, 1.807) is 0 Å². The fourth-order valence-electron chi connectivity index (χ4n) is 2.18. The second kappa shape index (κ2) is 10.3. The van der Waals surface area contributed by atoms with Crippen molar-refractivity contribution in [3.05, 3.63) is 60.2 Å². The maximum absolute atomic E-state index is 11.6. The van der Waals surface area contributed by atoms with E-state index in [-0.39, 0.29) is 12.5 Å². The van der Waals surface area contributed by atoms with Gasteiger partial charge in [-0.1, -0.05) is 50.1 Å². The van der Waals surface area contributed by atoms with Gasteiger partial charge >= 0.3 is 0 Å². The molecule has 2 aromatic rings. The summed E-state index contributed by atoms with van der Waals surface area (Å²) in [6.07, 6.45) is 3.28. The van der Waals surface area contributed by atoms with E-state index in [0.717, 1.165) is 30.6 Å². The molecule has 0 radical (unpaired) electrons. The van der Waals surface area contributed by atoms with Crippen molar-refractivity contribution < 1.29 is 14.3 Å². The topological polar surface area (TPSA) is 47.6 Å². The van der Waals surface area contributed by atoms with E-state index < -0.39 is 0 Å². The summed E-state index contributed by atoms with van der Waals surface area (Å²) in [5, 5.41) is 2.85. The minimum absolute atomic E-state index is 0.0380. The van der Waals surface area contributed by atoms with Crippen LogP contribution in [0.5, 0.6) is 11.5 Å². The summed E-state index contributed by atoms with van der Waals surface area (Å²) in [5.74, 6) is 1.34. The smallest absolute Gasteiger partial charge is 0.257 e. The van der Waals surface area contributed by atoms with E-state index >= 15 is 0 Å². The van der Waals surface area contributed by atoms with Crippen molar-refractivity contribution in [2.75, 3.05) is 13.2 Å². The Labute approximate surface area is 143 Å². The first-order valence-corrected chi connectivity index (χ1v) is 8.44. The molecule has 0 atom stereocenters. The van der Waals surface area contributed by atoms with Crippen LogP contribution in [0.3, 0.4) is 0 Å². The summed E-state index contributed by atoms with van der Waals surface area (Å²) >= 11 is 0. The van der Waals surface area contributed by atoms with E-state index in [1.165, 1.54) is 0 Å². The van der Waals surface area contributed by atoms with Crippen molar-refractivity contribution in [3.8, 4) is 11.5 Å². The van der Waals surface area contributed by atoms with Gasteiger partial charge in [0.1, 0.15) is 18.1 Å². The molecule has 0 saturated heterocycles. The minimum atomic E-state index is -0.0875. The molecule has 0 bridgehead atoms. The molecule has 0 aliphatic carbocycles. The van der Waals surface area contributed by atoms with Gasteiger partial charge in [-0.2, -0.15) is 0 Å². The summed E-state index contributed by atoms with van der Waals surface area (Å²) in [4.78, 5) is 11.6. The van der Waals surface area contributed by atoms with Crippen molar-refractivity contribution in [1.29, 1.82) is 0 Å². The van der Waals surface area contributed by atoms with Crippen molar-refractivity contribution in [2.45, 2.75) is 32.8 Å². The number of carbonyl (C=O) groups is 1. The van der Waals surface area contributed by atoms with Gasteiger partial charge in [0.15, 0.2) is 6.61 Å². The fourth-order valence-corrected chi connectivity index (χ4v) is 2.18. The lowest BCUT2D eigenvalue weighted by molar-refractivity contribution is -0.123. The third-order valence-electron chi connectivity index (χ3n) is 3.54. The van der Waals surface area contributed by atoms with E-state index in [9.17, 15) is 4.79 Å². The first-order valence-electron chi connectivity index (χ1n) is 8.44. The molecule has 0 aliphatic rings. The second-order valence-electron chi connectivity index (χ2n) is 5.59. The van der Waals surface area contributed by atoms with Crippen LogP contribution in [0.25, 0.3) is 0 Å². The van der Waals surface area contributed by atoms with Crippen LogP contribution in [0.15, 0.2) is 54.6 Å². The zero-order valence-corrected chi connectivity index (χ0v) is 14.2. The van der Waals surface area contributed by atoms with Gasteiger partial charge < -0.3 is 14.8 Å². The molecule has 0 heterocycles. The normalized spacial score (nSPS) is 10.2. The second-order valence-corrected chi connectivity index (χ2v) is 5.59. The van der Waals surface area contributed by atoms with Gasteiger partial charge in [-0.05, 0) is 36.2 Å². The molecule has 1 amide bonds. The Morgan fingerprint density at radius 1 is 0.917 bits per heavy atom. The fraction of sp³-hybridized carbons (Fsp3) is 0.350. The maximum atomic E-state index is 11.6. The molecule has 0 saturated carbocycles. The predicted octanol–water partition coefficient (Wildman–Crippen LogP) is 3.95. The molecule has 2 aromatic carbocycles. The standard InChI is InChI=1S/C20H25NO3/c1-2-3-7-14-21-20(22)16-24-19-12-10-18(11-13-19)23-15-17-8-5-4-6-9-17/h4-6,8-13H,2-3,7,14-16H2,1H3,(H,21,22). The number of amides is 1. The molecule has 4 nitrogen and oxygen atoms in total. The largest absolute Gasteiger partial charge is 0.489 e. The Balaban J connectivity index is 1.69.